The molecule has 5 aromatic rings. The number of benzene rings is 2. The van der Waals surface area contributed by atoms with E-state index in [9.17, 15) is 27.9 Å². The predicted octanol–water partition coefficient (Wildman–Crippen LogP) is 7.73. The van der Waals surface area contributed by atoms with Gasteiger partial charge in [0, 0.05) is 23.8 Å². The van der Waals surface area contributed by atoms with Crippen LogP contribution in [-0.2, 0) is 29.5 Å². The van der Waals surface area contributed by atoms with Crippen molar-refractivity contribution in [1.29, 1.82) is 0 Å². The Kier molecular flexibility index (Phi) is 8.03. The lowest BCUT2D eigenvalue weighted by Gasteiger charge is -2.24. The molecule has 44 heavy (non-hydrogen) atoms. The van der Waals surface area contributed by atoms with Crippen LogP contribution in [0.15, 0.2) is 83.5 Å². The molecular weight excluding hydrogens is 571 g/mol. The van der Waals surface area contributed by atoms with Gasteiger partial charge in [0.15, 0.2) is 0 Å². The Morgan fingerprint density at radius 1 is 0.932 bits per heavy atom. The number of pyridine rings is 2. The molecule has 226 valence electrons. The molecule has 3 heterocycles. The molecular formula is C34H30F3N3O4. The second kappa shape index (κ2) is 11.6. The van der Waals surface area contributed by atoms with Crippen LogP contribution in [0.4, 0.5) is 13.2 Å². The highest BCUT2D eigenvalue weighted by molar-refractivity contribution is 6.07. The van der Waals surface area contributed by atoms with Crippen LogP contribution in [-0.4, -0.2) is 31.9 Å². The number of carbonyl (C=O) groups excluding carboxylic acids is 1. The molecule has 2 aromatic carbocycles. The van der Waals surface area contributed by atoms with E-state index in [1.807, 2.05) is 36.4 Å². The van der Waals surface area contributed by atoms with E-state index in [-0.39, 0.29) is 24.8 Å². The predicted molar refractivity (Wildman–Crippen MR) is 159 cm³/mol. The van der Waals surface area contributed by atoms with Gasteiger partial charge in [0.05, 0.1) is 29.2 Å². The molecule has 1 N–H and O–H groups in total. The van der Waals surface area contributed by atoms with Gasteiger partial charge in [-0.25, -0.2) is 0 Å². The largest absolute Gasteiger partial charge is 0.481 e. The Bertz CT molecular complexity index is 1860. The molecule has 0 saturated heterocycles. The van der Waals surface area contributed by atoms with Crippen LogP contribution in [0.1, 0.15) is 58.1 Å². The van der Waals surface area contributed by atoms with Gasteiger partial charge >= 0.3 is 12.1 Å². The third-order valence-electron chi connectivity index (χ3n) is 7.84. The van der Waals surface area contributed by atoms with Crippen molar-refractivity contribution >= 4 is 22.8 Å². The van der Waals surface area contributed by atoms with Crippen molar-refractivity contribution in [3.8, 4) is 11.1 Å². The number of carboxylic acid groups (broad SMARTS) is 1. The first-order chi connectivity index (χ1) is 20.8. The van der Waals surface area contributed by atoms with Gasteiger partial charge in [-0.15, -0.1) is 0 Å². The molecule has 0 bridgehead atoms. The fraction of sp³-hybridized carbons (Fsp3) is 0.235. The molecule has 0 aliphatic heterocycles. The highest BCUT2D eigenvalue weighted by atomic mass is 19.4. The number of carbonyl (C=O) groups is 2. The minimum absolute atomic E-state index is 0.00504. The summed E-state index contributed by atoms with van der Waals surface area (Å²) in [4.78, 5) is 36.1. The zero-order valence-electron chi connectivity index (χ0n) is 24.6. The van der Waals surface area contributed by atoms with Crippen LogP contribution in [0.3, 0.4) is 0 Å². The van der Waals surface area contributed by atoms with Crippen LogP contribution in [0.2, 0.25) is 0 Å². The van der Waals surface area contributed by atoms with Crippen LogP contribution >= 0.6 is 0 Å². The first-order valence-electron chi connectivity index (χ1n) is 13.8. The standard InChI is InChI=1S/C34H30F3N3O4/c1-20-21(2)39-28-17-38-15-14-27(28)30(20)31(41)40(19-26-12-13-29(44-26)34(35,36)37)18-22-8-10-23(11-9-22)24-6-5-7-25(16-24)33(3,4)32(42)43/h5-17H,18-19H2,1-4H3,(H,42,43). The van der Waals surface area contributed by atoms with E-state index in [0.29, 0.717) is 33.3 Å². The lowest BCUT2D eigenvalue weighted by Crippen LogP contribution is -2.31. The van der Waals surface area contributed by atoms with Gasteiger partial charge < -0.3 is 14.4 Å². The first kappa shape index (κ1) is 30.5. The van der Waals surface area contributed by atoms with Gasteiger partial charge in [-0.1, -0.05) is 48.5 Å². The lowest BCUT2D eigenvalue weighted by atomic mass is 9.83. The summed E-state index contributed by atoms with van der Waals surface area (Å²) in [5.41, 5.74) is 4.23. The zero-order valence-corrected chi connectivity index (χ0v) is 24.6. The molecule has 0 saturated carbocycles. The van der Waals surface area contributed by atoms with Crippen molar-refractivity contribution in [2.24, 2.45) is 0 Å². The Hall–Kier alpha value is -4.99. The van der Waals surface area contributed by atoms with E-state index in [0.717, 1.165) is 22.8 Å². The third-order valence-corrected chi connectivity index (χ3v) is 7.84. The Morgan fingerprint density at radius 3 is 2.32 bits per heavy atom. The normalized spacial score (nSPS) is 12.0. The van der Waals surface area contributed by atoms with E-state index in [1.54, 1.807) is 58.3 Å². The number of hydrogen-bond donors (Lipinski definition) is 1. The maximum atomic E-state index is 14.2. The molecule has 0 spiro atoms. The number of aromatic nitrogens is 2. The number of nitrogens with zero attached hydrogens (tertiary/aromatic N) is 3. The quantitative estimate of drug-likeness (QED) is 0.196. The Balaban J connectivity index is 1.50. The van der Waals surface area contributed by atoms with Crippen molar-refractivity contribution in [2.75, 3.05) is 0 Å². The second-order valence-electron chi connectivity index (χ2n) is 11.2. The fourth-order valence-electron chi connectivity index (χ4n) is 5.00. The monoisotopic (exact) mass is 601 g/mol. The van der Waals surface area contributed by atoms with Crippen LogP contribution in [0, 0.1) is 13.8 Å². The summed E-state index contributed by atoms with van der Waals surface area (Å²) < 4.78 is 44.9. The molecule has 7 nitrogen and oxygen atoms in total. The average molecular weight is 602 g/mol. The molecule has 0 fully saturated rings. The highest BCUT2D eigenvalue weighted by Crippen LogP contribution is 2.32. The number of furan rings is 1. The smallest absolute Gasteiger partial charge is 0.449 e. The van der Waals surface area contributed by atoms with E-state index in [4.69, 9.17) is 4.42 Å². The number of aliphatic carboxylic acids is 1. The summed E-state index contributed by atoms with van der Waals surface area (Å²) in [6.07, 6.45) is -1.52. The van der Waals surface area contributed by atoms with Crippen LogP contribution in [0.25, 0.3) is 22.0 Å². The molecule has 0 aliphatic carbocycles. The van der Waals surface area contributed by atoms with E-state index >= 15 is 0 Å². The van der Waals surface area contributed by atoms with Crippen molar-refractivity contribution in [3.05, 3.63) is 119 Å². The molecule has 0 aliphatic rings. The van der Waals surface area contributed by atoms with E-state index in [1.165, 1.54) is 11.0 Å². The summed E-state index contributed by atoms with van der Waals surface area (Å²) in [5, 5.41) is 10.2. The molecule has 10 heteroatoms. The molecule has 3 aromatic heterocycles. The number of aryl methyl sites for hydroxylation is 1. The number of amides is 1. The number of rotatable bonds is 8. The molecule has 0 radical (unpaired) electrons. The first-order valence-corrected chi connectivity index (χ1v) is 13.8. The van der Waals surface area contributed by atoms with Gasteiger partial charge in [0.25, 0.3) is 5.91 Å². The molecule has 5 rings (SSSR count). The molecule has 0 atom stereocenters. The minimum Gasteiger partial charge on any atom is -0.481 e. The van der Waals surface area contributed by atoms with Crippen LogP contribution < -0.4 is 0 Å². The zero-order chi connectivity index (χ0) is 31.8. The second-order valence-corrected chi connectivity index (χ2v) is 11.2. The highest BCUT2D eigenvalue weighted by Gasteiger charge is 2.35. The molecule has 1 amide bonds. The van der Waals surface area contributed by atoms with Crippen molar-refractivity contribution in [3.63, 3.8) is 0 Å². The van der Waals surface area contributed by atoms with Gasteiger partial charge in [-0.2, -0.15) is 13.2 Å². The van der Waals surface area contributed by atoms with Gasteiger partial charge in [0.2, 0.25) is 5.76 Å². The number of fused-ring (bicyclic) bond motifs is 1. The van der Waals surface area contributed by atoms with Gasteiger partial charge in [0.1, 0.15) is 5.76 Å². The van der Waals surface area contributed by atoms with E-state index in [2.05, 4.69) is 9.97 Å². The number of alkyl halides is 3. The summed E-state index contributed by atoms with van der Waals surface area (Å²) in [7, 11) is 0. The summed E-state index contributed by atoms with van der Waals surface area (Å²) >= 11 is 0. The number of hydrogen-bond acceptors (Lipinski definition) is 5. The van der Waals surface area contributed by atoms with E-state index < -0.39 is 23.3 Å². The summed E-state index contributed by atoms with van der Waals surface area (Å²) in [6.45, 7) is 6.75. The summed E-state index contributed by atoms with van der Waals surface area (Å²) in [5.74, 6) is -2.46. The van der Waals surface area contributed by atoms with Crippen molar-refractivity contribution < 1.29 is 32.3 Å². The average Bonchev–Trinajstić information content (AvgIpc) is 3.47. The van der Waals surface area contributed by atoms with Crippen molar-refractivity contribution in [1.82, 2.24) is 14.9 Å². The topological polar surface area (TPSA) is 96.5 Å². The number of carboxylic acids is 1. The maximum absolute atomic E-state index is 14.2. The Labute approximate surface area is 252 Å². The molecule has 0 unspecified atom stereocenters. The SMILES string of the molecule is Cc1nc2cnccc2c(C(=O)N(Cc2ccc(-c3cccc(C(C)(C)C(=O)O)c3)cc2)Cc2ccc(C(F)(F)F)o2)c1C. The maximum Gasteiger partial charge on any atom is 0.449 e. The lowest BCUT2D eigenvalue weighted by molar-refractivity contribution is -0.153. The van der Waals surface area contributed by atoms with Gasteiger partial charge in [-0.3, -0.25) is 19.6 Å². The van der Waals surface area contributed by atoms with Crippen LogP contribution in [0.5, 0.6) is 0 Å². The fourth-order valence-corrected chi connectivity index (χ4v) is 5.00. The van der Waals surface area contributed by atoms with Gasteiger partial charge in [-0.05, 0) is 73.7 Å². The third kappa shape index (κ3) is 6.06. The van der Waals surface area contributed by atoms with Crippen molar-refractivity contribution in [2.45, 2.75) is 52.4 Å². The number of halogens is 3. The summed E-state index contributed by atoms with van der Waals surface area (Å²) in [6, 6.07) is 18.5. The minimum atomic E-state index is -4.65. The Morgan fingerprint density at radius 2 is 1.66 bits per heavy atom.